The van der Waals surface area contributed by atoms with Crippen LogP contribution in [0.4, 0.5) is 11.5 Å². The van der Waals surface area contributed by atoms with Crippen molar-refractivity contribution >= 4 is 39.9 Å². The number of aromatic nitrogens is 3. The van der Waals surface area contributed by atoms with Gasteiger partial charge in [-0.15, -0.1) is 0 Å². The van der Waals surface area contributed by atoms with E-state index in [1.165, 1.54) is 9.47 Å². The van der Waals surface area contributed by atoms with E-state index in [-0.39, 0.29) is 30.6 Å². The highest BCUT2D eigenvalue weighted by Gasteiger charge is 2.25. The topological polar surface area (TPSA) is 123 Å². The lowest BCUT2D eigenvalue weighted by molar-refractivity contribution is -0.120. The standard InChI is InChI=1S/C23H28ClN5O4/c1-4-5-11-28(20-21(25)29(12-14(2)3)23(32)27-22(20)31)18(30)13-33-17-9-8-16(24)15-7-6-10-26-19(15)17/h6-10,14H,4-5,11-13,25H2,1-3H3,(H,27,31,32). The zero-order valence-electron chi connectivity index (χ0n) is 18.9. The van der Waals surface area contributed by atoms with Gasteiger partial charge >= 0.3 is 5.69 Å². The number of unbranched alkanes of at least 4 members (excludes halogenated alkanes) is 1. The maximum atomic E-state index is 13.2. The molecule has 9 nitrogen and oxygen atoms in total. The Morgan fingerprint density at radius 3 is 2.76 bits per heavy atom. The van der Waals surface area contributed by atoms with Crippen molar-refractivity contribution in [1.82, 2.24) is 14.5 Å². The third-order valence-electron chi connectivity index (χ3n) is 5.10. The molecule has 0 saturated heterocycles. The molecule has 0 fully saturated rings. The van der Waals surface area contributed by atoms with Crippen LogP contribution in [-0.4, -0.2) is 33.6 Å². The van der Waals surface area contributed by atoms with Gasteiger partial charge < -0.3 is 15.4 Å². The summed E-state index contributed by atoms with van der Waals surface area (Å²) in [6.07, 6.45) is 3.04. The van der Waals surface area contributed by atoms with Crippen LogP contribution in [0.15, 0.2) is 40.1 Å². The lowest BCUT2D eigenvalue weighted by atomic mass is 10.2. The Balaban J connectivity index is 1.95. The number of rotatable bonds is 9. The summed E-state index contributed by atoms with van der Waals surface area (Å²) in [5, 5.41) is 1.22. The molecular formula is C23H28ClN5O4. The van der Waals surface area contributed by atoms with E-state index in [2.05, 4.69) is 9.97 Å². The molecule has 10 heteroatoms. The van der Waals surface area contributed by atoms with Gasteiger partial charge in [0.2, 0.25) is 0 Å². The zero-order chi connectivity index (χ0) is 24.1. The minimum atomic E-state index is -0.708. The summed E-state index contributed by atoms with van der Waals surface area (Å²) in [4.78, 5) is 46.1. The number of carbonyl (C=O) groups is 1. The van der Waals surface area contributed by atoms with E-state index in [4.69, 9.17) is 22.1 Å². The number of benzene rings is 1. The molecule has 0 spiro atoms. The fourth-order valence-electron chi connectivity index (χ4n) is 3.51. The Bertz CT molecular complexity index is 1270. The summed E-state index contributed by atoms with van der Waals surface area (Å²) < 4.78 is 7.07. The smallest absolute Gasteiger partial charge is 0.330 e. The molecule has 0 saturated carbocycles. The molecule has 3 aromatic rings. The summed E-state index contributed by atoms with van der Waals surface area (Å²) in [5.74, 6) is -0.00189. The van der Waals surface area contributed by atoms with E-state index in [1.54, 1.807) is 24.4 Å². The quantitative estimate of drug-likeness (QED) is 0.492. The highest BCUT2D eigenvalue weighted by Crippen LogP contribution is 2.29. The van der Waals surface area contributed by atoms with Gasteiger partial charge in [0.05, 0.1) is 5.02 Å². The SMILES string of the molecule is CCCCN(C(=O)COc1ccc(Cl)c2cccnc12)c1c(N)n(CC(C)C)c(=O)[nH]c1=O. The van der Waals surface area contributed by atoms with Gasteiger partial charge in [0.15, 0.2) is 12.3 Å². The molecule has 0 atom stereocenters. The molecular weight excluding hydrogens is 446 g/mol. The van der Waals surface area contributed by atoms with Crippen LogP contribution in [0.3, 0.4) is 0 Å². The van der Waals surface area contributed by atoms with Crippen LogP contribution >= 0.6 is 11.6 Å². The fourth-order valence-corrected chi connectivity index (χ4v) is 3.72. The van der Waals surface area contributed by atoms with Crippen molar-refractivity contribution in [2.24, 2.45) is 5.92 Å². The summed E-state index contributed by atoms with van der Waals surface area (Å²) in [6, 6.07) is 6.89. The molecule has 0 aliphatic heterocycles. The summed E-state index contributed by atoms with van der Waals surface area (Å²) >= 11 is 6.23. The number of nitrogens with one attached hydrogen (secondary N) is 1. The van der Waals surface area contributed by atoms with Crippen molar-refractivity contribution in [3.05, 3.63) is 56.3 Å². The molecule has 3 N–H and O–H groups in total. The van der Waals surface area contributed by atoms with Crippen molar-refractivity contribution in [3.63, 3.8) is 0 Å². The van der Waals surface area contributed by atoms with Crippen molar-refractivity contribution in [2.75, 3.05) is 23.8 Å². The number of hydrogen-bond acceptors (Lipinski definition) is 6. The average molecular weight is 474 g/mol. The minimum absolute atomic E-state index is 0.0412. The van der Waals surface area contributed by atoms with Gasteiger partial charge in [-0.3, -0.25) is 24.1 Å². The fraction of sp³-hybridized carbons (Fsp3) is 0.391. The highest BCUT2D eigenvalue weighted by molar-refractivity contribution is 6.35. The molecule has 33 heavy (non-hydrogen) atoms. The van der Waals surface area contributed by atoms with Crippen LogP contribution in [0.1, 0.15) is 33.6 Å². The number of halogens is 1. The lowest BCUT2D eigenvalue weighted by Gasteiger charge is -2.25. The van der Waals surface area contributed by atoms with Gasteiger partial charge in [-0.2, -0.15) is 0 Å². The second-order valence-corrected chi connectivity index (χ2v) is 8.54. The molecule has 1 amide bonds. The second kappa shape index (κ2) is 10.5. The number of aromatic amines is 1. The van der Waals surface area contributed by atoms with Gasteiger partial charge in [-0.05, 0) is 36.6 Å². The molecule has 3 rings (SSSR count). The molecule has 1 aromatic carbocycles. The van der Waals surface area contributed by atoms with Gasteiger partial charge in [-0.1, -0.05) is 38.8 Å². The number of fused-ring (bicyclic) bond motifs is 1. The Morgan fingerprint density at radius 2 is 2.06 bits per heavy atom. The lowest BCUT2D eigenvalue weighted by Crippen LogP contribution is -2.43. The number of anilines is 2. The van der Waals surface area contributed by atoms with Gasteiger partial charge in [0.25, 0.3) is 11.5 Å². The van der Waals surface area contributed by atoms with Crippen LogP contribution in [0.25, 0.3) is 10.9 Å². The molecule has 0 aliphatic rings. The van der Waals surface area contributed by atoms with Gasteiger partial charge in [0.1, 0.15) is 17.1 Å². The Morgan fingerprint density at radius 1 is 1.30 bits per heavy atom. The summed E-state index contributed by atoms with van der Waals surface area (Å²) in [7, 11) is 0. The first kappa shape index (κ1) is 24.3. The van der Waals surface area contributed by atoms with Gasteiger partial charge in [0, 0.05) is 24.7 Å². The Hall–Kier alpha value is -3.33. The van der Waals surface area contributed by atoms with Crippen LogP contribution in [0.2, 0.25) is 5.02 Å². The van der Waals surface area contributed by atoms with Gasteiger partial charge in [-0.25, -0.2) is 4.79 Å². The maximum absolute atomic E-state index is 13.2. The number of nitrogen functional groups attached to an aromatic ring is 1. The number of hydrogen-bond donors (Lipinski definition) is 2. The molecule has 0 bridgehead atoms. The third kappa shape index (κ3) is 5.36. The van der Waals surface area contributed by atoms with Crippen LogP contribution in [-0.2, 0) is 11.3 Å². The molecule has 176 valence electrons. The number of amides is 1. The average Bonchev–Trinajstić information content (AvgIpc) is 2.78. The second-order valence-electron chi connectivity index (χ2n) is 8.13. The molecule has 2 aromatic heterocycles. The third-order valence-corrected chi connectivity index (χ3v) is 5.43. The normalized spacial score (nSPS) is 11.2. The van der Waals surface area contributed by atoms with E-state index in [9.17, 15) is 14.4 Å². The first-order valence-electron chi connectivity index (χ1n) is 10.8. The summed E-state index contributed by atoms with van der Waals surface area (Å²) in [6.45, 7) is 6.04. The van der Waals surface area contributed by atoms with Crippen LogP contribution < -0.4 is 26.6 Å². The predicted molar refractivity (Wildman–Crippen MR) is 130 cm³/mol. The van der Waals surface area contributed by atoms with E-state index in [0.29, 0.717) is 34.6 Å². The summed E-state index contributed by atoms with van der Waals surface area (Å²) in [5.41, 5.74) is 5.40. The van der Waals surface area contributed by atoms with E-state index < -0.39 is 17.2 Å². The first-order valence-corrected chi connectivity index (χ1v) is 11.2. The number of pyridine rings is 1. The first-order chi connectivity index (χ1) is 15.7. The van der Waals surface area contributed by atoms with Crippen LogP contribution in [0.5, 0.6) is 5.75 Å². The van der Waals surface area contributed by atoms with Crippen LogP contribution in [0, 0.1) is 5.92 Å². The molecule has 0 unspecified atom stereocenters. The van der Waals surface area contributed by atoms with E-state index >= 15 is 0 Å². The largest absolute Gasteiger partial charge is 0.481 e. The Kier molecular flexibility index (Phi) is 7.75. The Labute approximate surface area is 196 Å². The number of nitrogens with two attached hydrogens (primary N) is 1. The van der Waals surface area contributed by atoms with Crippen molar-refractivity contribution in [3.8, 4) is 5.75 Å². The monoisotopic (exact) mass is 473 g/mol. The maximum Gasteiger partial charge on any atom is 0.330 e. The van der Waals surface area contributed by atoms with E-state index in [1.807, 2.05) is 26.8 Å². The zero-order valence-corrected chi connectivity index (χ0v) is 19.7. The van der Waals surface area contributed by atoms with Crippen molar-refractivity contribution in [1.29, 1.82) is 0 Å². The number of H-pyrrole nitrogens is 1. The molecule has 0 radical (unpaired) electrons. The predicted octanol–water partition coefficient (Wildman–Crippen LogP) is 3.19. The number of carbonyl (C=O) groups excluding carboxylic acids is 1. The molecule has 2 heterocycles. The van der Waals surface area contributed by atoms with Crippen molar-refractivity contribution in [2.45, 2.75) is 40.2 Å². The number of nitrogens with zero attached hydrogens (tertiary/aromatic N) is 3. The number of ether oxygens (including phenoxy) is 1. The van der Waals surface area contributed by atoms with Crippen molar-refractivity contribution < 1.29 is 9.53 Å². The van der Waals surface area contributed by atoms with E-state index in [0.717, 1.165) is 6.42 Å². The highest BCUT2D eigenvalue weighted by atomic mass is 35.5. The minimum Gasteiger partial charge on any atom is -0.481 e. The molecule has 0 aliphatic carbocycles.